The van der Waals surface area contributed by atoms with Gasteiger partial charge in [-0.3, -0.25) is 0 Å². The molecule has 2 unspecified atom stereocenters. The minimum Gasteiger partial charge on any atom is -0.461 e. The van der Waals surface area contributed by atoms with Gasteiger partial charge in [-0.15, -0.1) is 0 Å². The molecule has 0 aromatic carbocycles. The van der Waals surface area contributed by atoms with Crippen molar-refractivity contribution in [3.8, 4) is 0 Å². The predicted octanol–water partition coefficient (Wildman–Crippen LogP) is 5.43. The van der Waals surface area contributed by atoms with Gasteiger partial charge >= 0.3 is 47.9 Å². The number of rotatable bonds is 10. The Balaban J connectivity index is 6.58. The molecule has 0 saturated carbocycles. The van der Waals surface area contributed by atoms with E-state index in [-0.39, 0.29) is 6.92 Å². The Morgan fingerprint density at radius 2 is 1.15 bits per heavy atom. The lowest BCUT2D eigenvalue weighted by atomic mass is 9.84. The standard InChI is InChI=1S/C16H18F13NO4/c1-5-33-10(32)30-8(9(31)34-6(2)3)7(4)11(17,18)12(19,20)13(21,22)14(23,24)15(25,26)16(27,28)29/h6-8H,5H2,1-4H3,(H,30,32). The quantitative estimate of drug-likeness (QED) is 0.300. The Bertz CT molecular complexity index is 737. The molecule has 0 bridgehead atoms. The molecular weight excluding hydrogens is 517 g/mol. The fourth-order valence-corrected chi connectivity index (χ4v) is 2.27. The maximum Gasteiger partial charge on any atom is 0.460 e. The van der Waals surface area contributed by atoms with Gasteiger partial charge in [0.25, 0.3) is 0 Å². The minimum atomic E-state index is -8.09. The van der Waals surface area contributed by atoms with Crippen molar-refractivity contribution in [2.24, 2.45) is 5.92 Å². The van der Waals surface area contributed by atoms with Gasteiger partial charge in [-0.1, -0.05) is 6.92 Å². The van der Waals surface area contributed by atoms with Crippen LogP contribution in [0.25, 0.3) is 0 Å². The average molecular weight is 535 g/mol. The molecule has 0 fully saturated rings. The normalized spacial score (nSPS) is 16.2. The molecule has 0 spiro atoms. The lowest BCUT2D eigenvalue weighted by molar-refractivity contribution is -0.443. The maximum absolute atomic E-state index is 14.4. The van der Waals surface area contributed by atoms with Crippen LogP contribution in [0, 0.1) is 5.92 Å². The molecule has 5 nitrogen and oxygen atoms in total. The zero-order valence-electron chi connectivity index (χ0n) is 17.5. The van der Waals surface area contributed by atoms with Crippen LogP contribution in [-0.2, 0) is 14.3 Å². The van der Waals surface area contributed by atoms with Gasteiger partial charge in [-0.05, 0) is 20.8 Å². The van der Waals surface area contributed by atoms with E-state index in [1.165, 1.54) is 5.32 Å². The Hall–Kier alpha value is -2.17. The predicted molar refractivity (Wildman–Crippen MR) is 85.1 cm³/mol. The number of nitrogens with one attached hydrogen (secondary N) is 1. The first kappa shape index (κ1) is 31.8. The summed E-state index contributed by atoms with van der Waals surface area (Å²) in [6.45, 7) is 2.60. The summed E-state index contributed by atoms with van der Waals surface area (Å²) in [6, 6.07) is -3.03. The van der Waals surface area contributed by atoms with Crippen LogP contribution in [0.3, 0.4) is 0 Å². The van der Waals surface area contributed by atoms with Crippen LogP contribution in [0.1, 0.15) is 27.7 Å². The topological polar surface area (TPSA) is 64.6 Å². The van der Waals surface area contributed by atoms with E-state index in [2.05, 4.69) is 9.47 Å². The number of alkyl carbamates (subject to hydrolysis) is 1. The Morgan fingerprint density at radius 3 is 1.50 bits per heavy atom. The molecule has 1 N–H and O–H groups in total. The van der Waals surface area contributed by atoms with E-state index in [1.807, 2.05) is 0 Å². The monoisotopic (exact) mass is 535 g/mol. The molecule has 0 radical (unpaired) electrons. The highest BCUT2D eigenvalue weighted by Crippen LogP contribution is 2.61. The van der Waals surface area contributed by atoms with Gasteiger partial charge in [0.2, 0.25) is 0 Å². The highest BCUT2D eigenvalue weighted by molar-refractivity contribution is 5.82. The lowest BCUT2D eigenvalue weighted by Gasteiger charge is -2.42. The summed E-state index contributed by atoms with van der Waals surface area (Å²) in [5.41, 5.74) is 0. The Morgan fingerprint density at radius 1 is 0.735 bits per heavy atom. The number of halogens is 13. The third-order valence-electron chi connectivity index (χ3n) is 4.18. The summed E-state index contributed by atoms with van der Waals surface area (Å²) < 4.78 is 182. The first-order valence-electron chi connectivity index (χ1n) is 8.94. The highest BCUT2D eigenvalue weighted by Gasteiger charge is 2.91. The molecular formula is C16H18F13NO4. The summed E-state index contributed by atoms with van der Waals surface area (Å²) in [4.78, 5) is 23.4. The van der Waals surface area contributed by atoms with Gasteiger partial charge in [-0.2, -0.15) is 57.1 Å². The number of hydrogen-bond donors (Lipinski definition) is 1. The fraction of sp³-hybridized carbons (Fsp3) is 0.875. The molecule has 0 saturated heterocycles. The van der Waals surface area contributed by atoms with Crippen molar-refractivity contribution in [3.05, 3.63) is 0 Å². The van der Waals surface area contributed by atoms with Crippen molar-refractivity contribution < 1.29 is 76.1 Å². The minimum absolute atomic E-state index is 0.178. The number of amides is 1. The van der Waals surface area contributed by atoms with Crippen molar-refractivity contribution in [2.45, 2.75) is 75.6 Å². The highest BCUT2D eigenvalue weighted by atomic mass is 19.4. The van der Waals surface area contributed by atoms with Gasteiger partial charge in [0.05, 0.1) is 18.6 Å². The van der Waals surface area contributed by atoms with Gasteiger partial charge in [0.1, 0.15) is 6.04 Å². The smallest absolute Gasteiger partial charge is 0.460 e. The van der Waals surface area contributed by atoms with E-state index in [1.54, 1.807) is 0 Å². The number of carbonyl (C=O) groups is 2. The van der Waals surface area contributed by atoms with Crippen LogP contribution in [0.5, 0.6) is 0 Å². The van der Waals surface area contributed by atoms with Crippen LogP contribution in [0.4, 0.5) is 61.9 Å². The number of alkyl halides is 13. The molecule has 18 heteroatoms. The summed E-state index contributed by atoms with van der Waals surface area (Å²) >= 11 is 0. The van der Waals surface area contributed by atoms with Gasteiger partial charge in [0.15, 0.2) is 0 Å². The SMILES string of the molecule is CCOC(=O)NC(C(=O)OC(C)C)C(C)C(F)(F)C(F)(F)C(F)(F)C(F)(F)C(F)(F)C(F)(F)F. The molecule has 0 aliphatic rings. The average Bonchev–Trinajstić information content (AvgIpc) is 2.63. The maximum atomic E-state index is 14.4. The van der Waals surface area contributed by atoms with Crippen LogP contribution in [0.15, 0.2) is 0 Å². The number of esters is 1. The molecule has 0 aromatic rings. The molecule has 0 heterocycles. The summed E-state index contributed by atoms with van der Waals surface area (Å²) in [5.74, 6) is -43.9. The zero-order valence-corrected chi connectivity index (χ0v) is 17.5. The number of carbonyl (C=O) groups excluding carboxylic acids is 2. The second-order valence-electron chi connectivity index (χ2n) is 7.04. The van der Waals surface area contributed by atoms with E-state index < -0.39 is 72.5 Å². The molecule has 1 amide bonds. The lowest BCUT2D eigenvalue weighted by Crippen LogP contribution is -2.72. The van der Waals surface area contributed by atoms with E-state index in [0.29, 0.717) is 0 Å². The largest absolute Gasteiger partial charge is 0.461 e. The van der Waals surface area contributed by atoms with Crippen LogP contribution in [0.2, 0.25) is 0 Å². The van der Waals surface area contributed by atoms with Gasteiger partial charge in [-0.25, -0.2) is 9.59 Å². The van der Waals surface area contributed by atoms with Crippen molar-refractivity contribution in [1.29, 1.82) is 0 Å². The second-order valence-corrected chi connectivity index (χ2v) is 7.04. The van der Waals surface area contributed by atoms with Gasteiger partial charge < -0.3 is 14.8 Å². The van der Waals surface area contributed by atoms with E-state index in [4.69, 9.17) is 0 Å². The molecule has 0 rings (SSSR count). The van der Waals surface area contributed by atoms with Crippen molar-refractivity contribution >= 4 is 12.1 Å². The van der Waals surface area contributed by atoms with Crippen LogP contribution in [-0.4, -0.2) is 66.6 Å². The third-order valence-corrected chi connectivity index (χ3v) is 4.18. The summed E-state index contributed by atoms with van der Waals surface area (Å²) in [6.07, 6.45) is -10.5. The summed E-state index contributed by atoms with van der Waals surface area (Å²) in [5, 5.41) is 1.24. The molecule has 34 heavy (non-hydrogen) atoms. The molecule has 0 aromatic heterocycles. The van der Waals surface area contributed by atoms with Crippen molar-refractivity contribution in [2.75, 3.05) is 6.61 Å². The first-order valence-corrected chi connectivity index (χ1v) is 8.94. The third kappa shape index (κ3) is 5.39. The number of hydrogen-bond acceptors (Lipinski definition) is 4. The number of ether oxygens (including phenoxy) is 2. The molecule has 0 aliphatic heterocycles. The molecule has 0 aliphatic carbocycles. The van der Waals surface area contributed by atoms with E-state index in [9.17, 15) is 66.7 Å². The van der Waals surface area contributed by atoms with Gasteiger partial charge in [0, 0.05) is 0 Å². The van der Waals surface area contributed by atoms with Crippen LogP contribution < -0.4 is 5.32 Å². The summed E-state index contributed by atoms with van der Waals surface area (Å²) in [7, 11) is 0. The van der Waals surface area contributed by atoms with Crippen molar-refractivity contribution in [3.63, 3.8) is 0 Å². The first-order chi connectivity index (χ1) is 14.8. The molecule has 202 valence electrons. The Labute approximate surface area is 182 Å². The van der Waals surface area contributed by atoms with Crippen LogP contribution >= 0.6 is 0 Å². The zero-order chi connectivity index (χ0) is 27.7. The fourth-order valence-electron chi connectivity index (χ4n) is 2.27. The Kier molecular flexibility index (Phi) is 9.20. The van der Waals surface area contributed by atoms with Crippen molar-refractivity contribution in [1.82, 2.24) is 5.32 Å². The van der Waals surface area contributed by atoms with E-state index >= 15 is 0 Å². The molecule has 2 atom stereocenters. The van der Waals surface area contributed by atoms with E-state index in [0.717, 1.165) is 20.8 Å². The second kappa shape index (κ2) is 9.83.